The Morgan fingerprint density at radius 1 is 0.963 bits per heavy atom. The molecule has 0 aliphatic carbocycles. The molecule has 3 rings (SSSR count). The number of halogens is 2. The zero-order chi connectivity index (χ0) is 19.2. The average Bonchev–Trinajstić information content (AvgIpc) is 2.69. The Hall–Kier alpha value is -3.34. The molecular weight excluding hydrogens is 346 g/mol. The molecule has 0 fully saturated rings. The van der Waals surface area contributed by atoms with Crippen LogP contribution in [0.25, 0.3) is 11.1 Å². The van der Waals surface area contributed by atoms with Gasteiger partial charge < -0.3 is 0 Å². The topological polar surface area (TPSA) is 41.5 Å². The Labute approximate surface area is 156 Å². The Kier molecular flexibility index (Phi) is 5.71. The highest BCUT2D eigenvalue weighted by atomic mass is 19.1. The fraction of sp³-hybridized carbons (Fsp3) is 0.0909. The van der Waals surface area contributed by atoms with E-state index in [-0.39, 0.29) is 5.56 Å². The van der Waals surface area contributed by atoms with E-state index in [0.29, 0.717) is 11.1 Å². The highest BCUT2D eigenvalue weighted by Gasteiger charge is 2.17. The highest BCUT2D eigenvalue weighted by Crippen LogP contribution is 2.26. The summed E-state index contributed by atoms with van der Waals surface area (Å²) in [5.74, 6) is -1.84. The molecule has 0 aliphatic rings. The third-order valence-electron chi connectivity index (χ3n) is 4.25. The molecule has 0 saturated heterocycles. The van der Waals surface area contributed by atoms with Gasteiger partial charge in [0.15, 0.2) is 0 Å². The van der Waals surface area contributed by atoms with Crippen molar-refractivity contribution in [2.24, 2.45) is 5.10 Å². The summed E-state index contributed by atoms with van der Waals surface area (Å²) in [4.78, 5) is 12.2. The molecule has 3 aromatic carbocycles. The first-order valence-corrected chi connectivity index (χ1v) is 8.48. The lowest BCUT2D eigenvalue weighted by atomic mass is 9.96. The van der Waals surface area contributed by atoms with E-state index in [4.69, 9.17) is 0 Å². The van der Waals surface area contributed by atoms with Crippen LogP contribution in [0.4, 0.5) is 8.78 Å². The maximum Gasteiger partial charge on any atom is 0.247 e. The molecule has 5 heteroatoms. The van der Waals surface area contributed by atoms with Crippen molar-refractivity contribution in [2.75, 3.05) is 0 Å². The van der Waals surface area contributed by atoms with Crippen LogP contribution < -0.4 is 5.43 Å². The zero-order valence-corrected chi connectivity index (χ0v) is 14.7. The normalized spacial score (nSPS) is 12.1. The summed E-state index contributed by atoms with van der Waals surface area (Å²) in [5, 5.41) is 3.78. The number of amides is 1. The molecule has 0 saturated carbocycles. The Bertz CT molecular complexity index is 971. The van der Waals surface area contributed by atoms with Gasteiger partial charge in [-0.3, -0.25) is 4.79 Å². The van der Waals surface area contributed by atoms with E-state index in [9.17, 15) is 13.6 Å². The molecular formula is C22H18F2N2O. The minimum absolute atomic E-state index is 0.267. The molecule has 27 heavy (non-hydrogen) atoms. The summed E-state index contributed by atoms with van der Waals surface area (Å²) in [6.07, 6.45) is 1.24. The molecule has 1 atom stereocenters. The number of hydrogen-bond acceptors (Lipinski definition) is 2. The third-order valence-corrected chi connectivity index (χ3v) is 4.25. The lowest BCUT2D eigenvalue weighted by molar-refractivity contribution is -0.122. The van der Waals surface area contributed by atoms with Gasteiger partial charge in [-0.15, -0.1) is 0 Å². The van der Waals surface area contributed by atoms with E-state index in [1.807, 2.05) is 30.3 Å². The molecule has 3 nitrogen and oxygen atoms in total. The molecule has 0 radical (unpaired) electrons. The summed E-state index contributed by atoms with van der Waals surface area (Å²) in [5.41, 5.74) is 4.41. The van der Waals surface area contributed by atoms with E-state index < -0.39 is 23.5 Å². The lowest BCUT2D eigenvalue weighted by Crippen LogP contribution is -2.23. The first-order valence-electron chi connectivity index (χ1n) is 8.48. The van der Waals surface area contributed by atoms with Crippen LogP contribution in [0.3, 0.4) is 0 Å². The second kappa shape index (κ2) is 8.36. The number of benzene rings is 3. The van der Waals surface area contributed by atoms with Gasteiger partial charge in [-0.2, -0.15) is 5.10 Å². The van der Waals surface area contributed by atoms with E-state index in [2.05, 4.69) is 10.5 Å². The van der Waals surface area contributed by atoms with E-state index >= 15 is 0 Å². The van der Waals surface area contributed by atoms with Gasteiger partial charge in [-0.05, 0) is 30.2 Å². The van der Waals surface area contributed by atoms with Gasteiger partial charge >= 0.3 is 0 Å². The van der Waals surface area contributed by atoms with Crippen LogP contribution >= 0.6 is 0 Å². The van der Waals surface area contributed by atoms with Gasteiger partial charge in [0.25, 0.3) is 0 Å². The smallest absolute Gasteiger partial charge is 0.247 e. The molecule has 0 aliphatic heterocycles. The number of rotatable bonds is 5. The summed E-state index contributed by atoms with van der Waals surface area (Å²) in [6, 6.07) is 20.0. The van der Waals surface area contributed by atoms with Crippen LogP contribution in [0.2, 0.25) is 0 Å². The van der Waals surface area contributed by atoms with Crippen molar-refractivity contribution < 1.29 is 13.6 Å². The highest BCUT2D eigenvalue weighted by molar-refractivity contribution is 5.86. The van der Waals surface area contributed by atoms with E-state index in [1.54, 1.807) is 37.3 Å². The molecule has 0 aromatic heterocycles. The Morgan fingerprint density at radius 2 is 1.67 bits per heavy atom. The molecule has 3 aromatic rings. The minimum atomic E-state index is -0.609. The number of nitrogens with one attached hydrogen (secondary N) is 1. The van der Waals surface area contributed by atoms with Crippen molar-refractivity contribution in [3.05, 3.63) is 95.6 Å². The molecule has 136 valence electrons. The third kappa shape index (κ3) is 4.44. The van der Waals surface area contributed by atoms with Crippen molar-refractivity contribution in [1.82, 2.24) is 5.43 Å². The number of nitrogens with zero attached hydrogens (tertiary/aromatic N) is 1. The van der Waals surface area contributed by atoms with Gasteiger partial charge in [0.1, 0.15) is 11.6 Å². The maximum absolute atomic E-state index is 14.5. The fourth-order valence-electron chi connectivity index (χ4n) is 2.65. The molecule has 0 bridgehead atoms. The van der Waals surface area contributed by atoms with Gasteiger partial charge in [0.05, 0.1) is 12.1 Å². The first-order chi connectivity index (χ1) is 13.1. The van der Waals surface area contributed by atoms with Gasteiger partial charge in [-0.1, -0.05) is 60.7 Å². The standard InChI is InChI=1S/C22H18F2N2O/c1-15(22(27)26-25-14-18-9-5-6-10-20(18)23)17-11-12-19(21(24)13-17)16-7-3-2-4-8-16/h2-15H,1H3,(H,26,27)/b25-14+. The van der Waals surface area contributed by atoms with Crippen LogP contribution in [0, 0.1) is 11.6 Å². The average molecular weight is 364 g/mol. The van der Waals surface area contributed by atoms with Crippen molar-refractivity contribution >= 4 is 12.1 Å². The van der Waals surface area contributed by atoms with Crippen molar-refractivity contribution in [3.63, 3.8) is 0 Å². The molecule has 1 N–H and O–H groups in total. The Morgan fingerprint density at radius 3 is 2.37 bits per heavy atom. The molecule has 0 heterocycles. The molecule has 1 amide bonds. The number of hydrogen-bond donors (Lipinski definition) is 1. The molecule has 0 spiro atoms. The number of hydrazone groups is 1. The second-order valence-electron chi connectivity index (χ2n) is 6.08. The van der Waals surface area contributed by atoms with E-state index in [0.717, 1.165) is 5.56 Å². The summed E-state index contributed by atoms with van der Waals surface area (Å²) in [7, 11) is 0. The van der Waals surface area contributed by atoms with Crippen molar-refractivity contribution in [1.29, 1.82) is 0 Å². The minimum Gasteiger partial charge on any atom is -0.272 e. The molecule has 1 unspecified atom stereocenters. The van der Waals surface area contributed by atoms with Gasteiger partial charge in [-0.25, -0.2) is 14.2 Å². The van der Waals surface area contributed by atoms with Crippen LogP contribution in [0.15, 0.2) is 77.9 Å². The number of carbonyl (C=O) groups excluding carboxylic acids is 1. The van der Waals surface area contributed by atoms with E-state index in [1.165, 1.54) is 18.3 Å². The predicted molar refractivity (Wildman–Crippen MR) is 102 cm³/mol. The van der Waals surface area contributed by atoms with Crippen LogP contribution in [-0.2, 0) is 4.79 Å². The van der Waals surface area contributed by atoms with Crippen LogP contribution in [0.5, 0.6) is 0 Å². The largest absolute Gasteiger partial charge is 0.272 e. The van der Waals surface area contributed by atoms with Crippen LogP contribution in [0.1, 0.15) is 24.0 Å². The first kappa shape index (κ1) is 18.5. The number of carbonyl (C=O) groups is 1. The lowest BCUT2D eigenvalue weighted by Gasteiger charge is -2.12. The summed E-state index contributed by atoms with van der Waals surface area (Å²) < 4.78 is 28.0. The monoisotopic (exact) mass is 364 g/mol. The summed E-state index contributed by atoms with van der Waals surface area (Å²) in [6.45, 7) is 1.66. The van der Waals surface area contributed by atoms with Crippen LogP contribution in [-0.4, -0.2) is 12.1 Å². The maximum atomic E-state index is 14.5. The van der Waals surface area contributed by atoms with Gasteiger partial charge in [0, 0.05) is 11.1 Å². The second-order valence-corrected chi connectivity index (χ2v) is 6.08. The fourth-order valence-corrected chi connectivity index (χ4v) is 2.65. The SMILES string of the molecule is CC(C(=O)N/N=C/c1ccccc1F)c1ccc(-c2ccccc2)c(F)c1. The van der Waals surface area contributed by atoms with Gasteiger partial charge in [0.2, 0.25) is 5.91 Å². The van der Waals surface area contributed by atoms with Crippen molar-refractivity contribution in [2.45, 2.75) is 12.8 Å². The quantitative estimate of drug-likeness (QED) is 0.508. The van der Waals surface area contributed by atoms with Crippen molar-refractivity contribution in [3.8, 4) is 11.1 Å². The summed E-state index contributed by atoms with van der Waals surface area (Å²) >= 11 is 0. The zero-order valence-electron chi connectivity index (χ0n) is 14.7. The Balaban J connectivity index is 1.70. The predicted octanol–water partition coefficient (Wildman–Crippen LogP) is 4.89.